The number of nitrogens with two attached hydrogens (primary N) is 1. The van der Waals surface area contributed by atoms with E-state index in [0.29, 0.717) is 0 Å². The topological polar surface area (TPSA) is 51.8 Å². The lowest BCUT2D eigenvalue weighted by molar-refractivity contribution is 0.631. The molecule has 1 unspecified atom stereocenters. The number of allylic oxidation sites excluding steroid dienone is 1. The highest BCUT2D eigenvalue weighted by Crippen LogP contribution is 2.25. The minimum Gasteiger partial charge on any atom is -0.318 e. The van der Waals surface area contributed by atoms with Gasteiger partial charge in [-0.25, -0.2) is 9.97 Å². The van der Waals surface area contributed by atoms with E-state index >= 15 is 0 Å². The Kier molecular flexibility index (Phi) is 2.89. The van der Waals surface area contributed by atoms with Gasteiger partial charge < -0.3 is 5.73 Å². The van der Waals surface area contributed by atoms with Crippen LogP contribution in [0.25, 0.3) is 0 Å². The van der Waals surface area contributed by atoms with Crippen LogP contribution in [0.5, 0.6) is 0 Å². The zero-order valence-electron chi connectivity index (χ0n) is 8.19. The molecule has 0 saturated heterocycles. The molecule has 3 nitrogen and oxygen atoms in total. The maximum absolute atomic E-state index is 6.08. The average molecular weight is 189 g/mol. The lowest BCUT2D eigenvalue weighted by atomic mass is 9.94. The number of aromatic nitrogens is 2. The van der Waals surface area contributed by atoms with E-state index < -0.39 is 0 Å². The van der Waals surface area contributed by atoms with Crippen molar-refractivity contribution in [1.29, 1.82) is 0 Å². The molecule has 0 aliphatic heterocycles. The van der Waals surface area contributed by atoms with Crippen molar-refractivity contribution in [1.82, 2.24) is 9.97 Å². The number of rotatable bonds is 2. The maximum Gasteiger partial charge on any atom is 0.149 e. The Bertz CT molecular complexity index is 319. The van der Waals surface area contributed by atoms with Crippen molar-refractivity contribution in [3.8, 4) is 0 Å². The Morgan fingerprint density at radius 3 is 2.64 bits per heavy atom. The van der Waals surface area contributed by atoms with Gasteiger partial charge in [0, 0.05) is 12.4 Å². The second kappa shape index (κ2) is 4.33. The summed E-state index contributed by atoms with van der Waals surface area (Å²) in [6.07, 6.45) is 10.5. The fourth-order valence-electron chi connectivity index (χ4n) is 1.78. The minimum atomic E-state index is -0.100. The van der Waals surface area contributed by atoms with Crippen molar-refractivity contribution >= 4 is 0 Å². The standard InChI is InChI=1S/C11H15N3/c12-10(9-5-2-1-3-6-9)11-13-7-4-8-14-11/h4-5,7-8,10H,1-3,6,12H2. The molecule has 0 bridgehead atoms. The summed E-state index contributed by atoms with van der Waals surface area (Å²) in [6, 6.07) is 1.71. The second-order valence-corrected chi connectivity index (χ2v) is 3.61. The highest BCUT2D eigenvalue weighted by Gasteiger charge is 2.15. The molecule has 1 atom stereocenters. The van der Waals surface area contributed by atoms with Crippen LogP contribution >= 0.6 is 0 Å². The summed E-state index contributed by atoms with van der Waals surface area (Å²) >= 11 is 0. The van der Waals surface area contributed by atoms with Crippen molar-refractivity contribution in [3.05, 3.63) is 35.9 Å². The average Bonchev–Trinajstić information content (AvgIpc) is 2.30. The van der Waals surface area contributed by atoms with Gasteiger partial charge in [-0.3, -0.25) is 0 Å². The van der Waals surface area contributed by atoms with Crippen LogP contribution in [0.2, 0.25) is 0 Å². The molecule has 1 aromatic heterocycles. The Hall–Kier alpha value is -1.22. The molecule has 0 radical (unpaired) electrons. The molecular weight excluding hydrogens is 174 g/mol. The third-order valence-corrected chi connectivity index (χ3v) is 2.59. The lowest BCUT2D eigenvalue weighted by Gasteiger charge is -2.17. The van der Waals surface area contributed by atoms with Gasteiger partial charge in [0.25, 0.3) is 0 Å². The predicted molar refractivity (Wildman–Crippen MR) is 55.5 cm³/mol. The summed E-state index contributed by atoms with van der Waals surface area (Å²) in [5.74, 6) is 0.737. The summed E-state index contributed by atoms with van der Waals surface area (Å²) in [6.45, 7) is 0. The monoisotopic (exact) mass is 189 g/mol. The van der Waals surface area contributed by atoms with Gasteiger partial charge in [-0.15, -0.1) is 0 Å². The molecule has 1 aliphatic carbocycles. The van der Waals surface area contributed by atoms with E-state index in [2.05, 4.69) is 16.0 Å². The zero-order valence-corrected chi connectivity index (χ0v) is 8.19. The highest BCUT2D eigenvalue weighted by molar-refractivity contribution is 5.18. The molecular formula is C11H15N3. The van der Waals surface area contributed by atoms with Crippen LogP contribution in [0.15, 0.2) is 30.1 Å². The van der Waals surface area contributed by atoms with Crippen LogP contribution in [0.3, 0.4) is 0 Å². The van der Waals surface area contributed by atoms with Gasteiger partial charge in [-0.2, -0.15) is 0 Å². The van der Waals surface area contributed by atoms with Crippen molar-refractivity contribution in [2.75, 3.05) is 0 Å². The Labute approximate surface area is 84.1 Å². The summed E-state index contributed by atoms with van der Waals surface area (Å²) in [5.41, 5.74) is 7.37. The van der Waals surface area contributed by atoms with Gasteiger partial charge in [0.05, 0.1) is 6.04 Å². The summed E-state index contributed by atoms with van der Waals surface area (Å²) < 4.78 is 0. The number of hydrogen-bond donors (Lipinski definition) is 1. The normalized spacial score (nSPS) is 18.8. The molecule has 0 fully saturated rings. The van der Waals surface area contributed by atoms with Crippen LogP contribution in [0.4, 0.5) is 0 Å². The molecule has 2 N–H and O–H groups in total. The van der Waals surface area contributed by atoms with Crippen LogP contribution in [-0.4, -0.2) is 9.97 Å². The molecule has 2 rings (SSSR count). The Morgan fingerprint density at radius 2 is 2.00 bits per heavy atom. The largest absolute Gasteiger partial charge is 0.318 e. The van der Waals surface area contributed by atoms with E-state index in [1.807, 2.05) is 6.07 Å². The first-order chi connectivity index (χ1) is 6.88. The van der Waals surface area contributed by atoms with E-state index in [1.54, 1.807) is 12.4 Å². The van der Waals surface area contributed by atoms with E-state index in [1.165, 1.54) is 18.4 Å². The fraction of sp³-hybridized carbons (Fsp3) is 0.455. The van der Waals surface area contributed by atoms with Crippen molar-refractivity contribution in [2.45, 2.75) is 31.7 Å². The predicted octanol–water partition coefficient (Wildman–Crippen LogP) is 1.98. The first-order valence-electron chi connectivity index (χ1n) is 5.09. The van der Waals surface area contributed by atoms with Gasteiger partial charge >= 0.3 is 0 Å². The molecule has 0 aromatic carbocycles. The van der Waals surface area contributed by atoms with Crippen LogP contribution < -0.4 is 5.73 Å². The minimum absolute atomic E-state index is 0.100. The van der Waals surface area contributed by atoms with Crippen molar-refractivity contribution in [3.63, 3.8) is 0 Å². The number of nitrogens with zero attached hydrogens (tertiary/aromatic N) is 2. The van der Waals surface area contributed by atoms with E-state index in [0.717, 1.165) is 18.7 Å². The molecule has 0 saturated carbocycles. The SMILES string of the molecule is NC(C1=CCCCC1)c1ncccn1. The van der Waals surface area contributed by atoms with Gasteiger partial charge in [-0.05, 0) is 37.3 Å². The molecule has 0 spiro atoms. The Morgan fingerprint density at radius 1 is 1.21 bits per heavy atom. The summed E-state index contributed by atoms with van der Waals surface area (Å²) in [5, 5.41) is 0. The van der Waals surface area contributed by atoms with Gasteiger partial charge in [0.2, 0.25) is 0 Å². The van der Waals surface area contributed by atoms with Crippen molar-refractivity contribution in [2.24, 2.45) is 5.73 Å². The molecule has 14 heavy (non-hydrogen) atoms. The van der Waals surface area contributed by atoms with Crippen LogP contribution in [-0.2, 0) is 0 Å². The summed E-state index contributed by atoms with van der Waals surface area (Å²) in [4.78, 5) is 8.35. The summed E-state index contributed by atoms with van der Waals surface area (Å²) in [7, 11) is 0. The van der Waals surface area contributed by atoms with E-state index in [4.69, 9.17) is 5.73 Å². The third-order valence-electron chi connectivity index (χ3n) is 2.59. The molecule has 3 heteroatoms. The molecule has 1 aliphatic rings. The molecule has 1 aromatic rings. The quantitative estimate of drug-likeness (QED) is 0.724. The third kappa shape index (κ3) is 1.99. The second-order valence-electron chi connectivity index (χ2n) is 3.61. The van der Waals surface area contributed by atoms with Gasteiger partial charge in [0.1, 0.15) is 5.82 Å². The van der Waals surface area contributed by atoms with E-state index in [9.17, 15) is 0 Å². The fourth-order valence-corrected chi connectivity index (χ4v) is 1.78. The van der Waals surface area contributed by atoms with Crippen molar-refractivity contribution < 1.29 is 0 Å². The van der Waals surface area contributed by atoms with E-state index in [-0.39, 0.29) is 6.04 Å². The lowest BCUT2D eigenvalue weighted by Crippen LogP contribution is -2.17. The first-order valence-corrected chi connectivity index (χ1v) is 5.09. The maximum atomic E-state index is 6.08. The van der Waals surface area contributed by atoms with Gasteiger partial charge in [-0.1, -0.05) is 6.08 Å². The molecule has 1 heterocycles. The van der Waals surface area contributed by atoms with Gasteiger partial charge in [0.15, 0.2) is 0 Å². The van der Waals surface area contributed by atoms with Crippen LogP contribution in [0, 0.1) is 0 Å². The van der Waals surface area contributed by atoms with Crippen LogP contribution in [0.1, 0.15) is 37.5 Å². The first kappa shape index (κ1) is 9.34. The Balaban J connectivity index is 2.15. The number of hydrogen-bond acceptors (Lipinski definition) is 3. The zero-order chi connectivity index (χ0) is 9.80. The molecule has 0 amide bonds. The molecule has 74 valence electrons. The smallest absolute Gasteiger partial charge is 0.149 e. The highest BCUT2D eigenvalue weighted by atomic mass is 14.9.